The zero-order chi connectivity index (χ0) is 13.0. The molecule has 0 bridgehead atoms. The Labute approximate surface area is 108 Å². The average molecular weight is 241 g/mol. The molecule has 0 spiro atoms. The first kappa shape index (κ1) is 12.7. The van der Waals surface area contributed by atoms with Crippen LogP contribution in [0.5, 0.6) is 0 Å². The van der Waals surface area contributed by atoms with Gasteiger partial charge in [-0.15, -0.1) is 0 Å². The van der Waals surface area contributed by atoms with Gasteiger partial charge in [0.25, 0.3) is 0 Å². The number of rotatable bonds is 4. The third-order valence-electron chi connectivity index (χ3n) is 2.88. The lowest BCUT2D eigenvalue weighted by Gasteiger charge is -2.05. The lowest BCUT2D eigenvalue weighted by molar-refractivity contribution is 0.732. The monoisotopic (exact) mass is 241 g/mol. The number of nitrogens with zero attached hydrogens (tertiary/aromatic N) is 2. The molecule has 2 aromatic rings. The van der Waals surface area contributed by atoms with E-state index in [2.05, 4.69) is 41.2 Å². The van der Waals surface area contributed by atoms with Crippen molar-refractivity contribution in [3.05, 3.63) is 47.8 Å². The smallest absolute Gasteiger partial charge is 0.159 e. The standard InChI is InChI=1S/C15H19N3/c1-3-12-4-6-14(7-5-12)15-17-9-13(10-18-15)8-11(2)16/h4-7,9-11H,3,8,16H2,1-2H3. The largest absolute Gasteiger partial charge is 0.328 e. The van der Waals surface area contributed by atoms with Crippen molar-refractivity contribution in [1.29, 1.82) is 0 Å². The highest BCUT2D eigenvalue weighted by molar-refractivity contribution is 5.55. The summed E-state index contributed by atoms with van der Waals surface area (Å²) in [4.78, 5) is 8.78. The average Bonchev–Trinajstić information content (AvgIpc) is 2.39. The Hall–Kier alpha value is -1.74. The van der Waals surface area contributed by atoms with Crippen LogP contribution in [0.15, 0.2) is 36.7 Å². The highest BCUT2D eigenvalue weighted by Gasteiger charge is 2.03. The fourth-order valence-electron chi connectivity index (χ4n) is 1.87. The maximum Gasteiger partial charge on any atom is 0.159 e. The van der Waals surface area contributed by atoms with E-state index < -0.39 is 0 Å². The topological polar surface area (TPSA) is 51.8 Å². The molecule has 18 heavy (non-hydrogen) atoms. The molecule has 2 N–H and O–H groups in total. The lowest BCUT2D eigenvalue weighted by atomic mass is 10.1. The van der Waals surface area contributed by atoms with Crippen LogP contribution in [0.25, 0.3) is 11.4 Å². The molecule has 3 nitrogen and oxygen atoms in total. The Bertz CT molecular complexity index is 486. The molecule has 0 aliphatic heterocycles. The number of hydrogen-bond acceptors (Lipinski definition) is 3. The number of aromatic nitrogens is 2. The second-order valence-corrected chi connectivity index (χ2v) is 4.65. The first-order chi connectivity index (χ1) is 8.69. The molecule has 1 aromatic heterocycles. The van der Waals surface area contributed by atoms with Crippen molar-refractivity contribution in [3.63, 3.8) is 0 Å². The summed E-state index contributed by atoms with van der Waals surface area (Å²) in [6.45, 7) is 4.13. The Morgan fingerprint density at radius 1 is 1.06 bits per heavy atom. The minimum atomic E-state index is 0.142. The van der Waals surface area contributed by atoms with E-state index in [1.165, 1.54) is 5.56 Å². The van der Waals surface area contributed by atoms with E-state index in [9.17, 15) is 0 Å². The Morgan fingerprint density at radius 2 is 1.67 bits per heavy atom. The molecule has 1 aromatic carbocycles. The van der Waals surface area contributed by atoms with Crippen molar-refractivity contribution in [1.82, 2.24) is 9.97 Å². The molecule has 1 heterocycles. The highest BCUT2D eigenvalue weighted by atomic mass is 14.9. The minimum absolute atomic E-state index is 0.142. The van der Waals surface area contributed by atoms with Crippen molar-refractivity contribution >= 4 is 0 Å². The van der Waals surface area contributed by atoms with Gasteiger partial charge in [0.15, 0.2) is 5.82 Å². The van der Waals surface area contributed by atoms with Crippen molar-refractivity contribution in [2.45, 2.75) is 32.7 Å². The van der Waals surface area contributed by atoms with Gasteiger partial charge in [0.05, 0.1) is 0 Å². The molecule has 0 saturated carbocycles. The van der Waals surface area contributed by atoms with Crippen LogP contribution >= 0.6 is 0 Å². The zero-order valence-electron chi connectivity index (χ0n) is 10.9. The summed E-state index contributed by atoms with van der Waals surface area (Å²) < 4.78 is 0. The highest BCUT2D eigenvalue weighted by Crippen LogP contribution is 2.15. The summed E-state index contributed by atoms with van der Waals surface area (Å²) in [5, 5.41) is 0. The Kier molecular flexibility index (Phi) is 4.05. The molecular formula is C15H19N3. The van der Waals surface area contributed by atoms with E-state index in [1.807, 2.05) is 19.3 Å². The molecule has 0 fully saturated rings. The molecule has 1 unspecified atom stereocenters. The van der Waals surface area contributed by atoms with E-state index in [-0.39, 0.29) is 6.04 Å². The summed E-state index contributed by atoms with van der Waals surface area (Å²) in [7, 11) is 0. The number of hydrogen-bond donors (Lipinski definition) is 1. The predicted molar refractivity (Wildman–Crippen MR) is 74.2 cm³/mol. The molecule has 2 rings (SSSR count). The normalized spacial score (nSPS) is 12.4. The van der Waals surface area contributed by atoms with Gasteiger partial charge in [-0.05, 0) is 30.9 Å². The molecule has 94 valence electrons. The van der Waals surface area contributed by atoms with Gasteiger partial charge in [0, 0.05) is 24.0 Å². The SMILES string of the molecule is CCc1ccc(-c2ncc(CC(C)N)cn2)cc1. The molecular weight excluding hydrogens is 222 g/mol. The van der Waals surface area contributed by atoms with E-state index in [0.717, 1.165) is 29.8 Å². The fraction of sp³-hybridized carbons (Fsp3) is 0.333. The van der Waals surface area contributed by atoms with Gasteiger partial charge < -0.3 is 5.73 Å². The lowest BCUT2D eigenvalue weighted by Crippen LogP contribution is -2.18. The van der Waals surface area contributed by atoms with Crippen LogP contribution in [0.2, 0.25) is 0 Å². The van der Waals surface area contributed by atoms with Crippen molar-refractivity contribution < 1.29 is 0 Å². The molecule has 0 saturated heterocycles. The van der Waals surface area contributed by atoms with Crippen LogP contribution < -0.4 is 5.73 Å². The zero-order valence-corrected chi connectivity index (χ0v) is 10.9. The van der Waals surface area contributed by atoms with Crippen LogP contribution in [0.1, 0.15) is 25.0 Å². The summed E-state index contributed by atoms with van der Waals surface area (Å²) in [6.07, 6.45) is 5.59. The van der Waals surface area contributed by atoms with E-state index in [1.54, 1.807) is 0 Å². The van der Waals surface area contributed by atoms with Gasteiger partial charge in [0.2, 0.25) is 0 Å². The fourth-order valence-corrected chi connectivity index (χ4v) is 1.87. The van der Waals surface area contributed by atoms with E-state index in [0.29, 0.717) is 0 Å². The summed E-state index contributed by atoms with van der Waals surface area (Å²) >= 11 is 0. The summed E-state index contributed by atoms with van der Waals surface area (Å²) in [6, 6.07) is 8.52. The molecule has 3 heteroatoms. The van der Waals surface area contributed by atoms with Crippen molar-refractivity contribution in [2.24, 2.45) is 5.73 Å². The Balaban J connectivity index is 2.17. The van der Waals surface area contributed by atoms with Gasteiger partial charge in [-0.3, -0.25) is 0 Å². The molecule has 0 aliphatic rings. The van der Waals surface area contributed by atoms with Gasteiger partial charge >= 0.3 is 0 Å². The second-order valence-electron chi connectivity index (χ2n) is 4.65. The third-order valence-corrected chi connectivity index (χ3v) is 2.88. The van der Waals surface area contributed by atoms with Crippen LogP contribution in [-0.4, -0.2) is 16.0 Å². The quantitative estimate of drug-likeness (QED) is 0.895. The minimum Gasteiger partial charge on any atom is -0.328 e. The van der Waals surface area contributed by atoms with Crippen molar-refractivity contribution in [3.8, 4) is 11.4 Å². The van der Waals surface area contributed by atoms with Crippen LogP contribution in [0.3, 0.4) is 0 Å². The van der Waals surface area contributed by atoms with Crippen molar-refractivity contribution in [2.75, 3.05) is 0 Å². The second kappa shape index (κ2) is 5.74. The molecule has 0 amide bonds. The summed E-state index contributed by atoms with van der Waals surface area (Å²) in [5.74, 6) is 0.770. The van der Waals surface area contributed by atoms with Crippen LogP contribution in [0.4, 0.5) is 0 Å². The number of benzene rings is 1. The molecule has 1 atom stereocenters. The first-order valence-corrected chi connectivity index (χ1v) is 6.35. The van der Waals surface area contributed by atoms with E-state index >= 15 is 0 Å². The third kappa shape index (κ3) is 3.14. The van der Waals surface area contributed by atoms with Gasteiger partial charge in [-0.2, -0.15) is 0 Å². The van der Waals surface area contributed by atoms with E-state index in [4.69, 9.17) is 5.73 Å². The first-order valence-electron chi connectivity index (χ1n) is 6.35. The van der Waals surface area contributed by atoms with Gasteiger partial charge in [-0.25, -0.2) is 9.97 Å². The maximum atomic E-state index is 5.75. The van der Waals surface area contributed by atoms with Crippen LogP contribution in [-0.2, 0) is 12.8 Å². The van der Waals surface area contributed by atoms with Gasteiger partial charge in [0.1, 0.15) is 0 Å². The molecule has 0 radical (unpaired) electrons. The Morgan fingerprint density at radius 3 is 2.17 bits per heavy atom. The molecule has 0 aliphatic carbocycles. The number of nitrogens with two attached hydrogens (primary N) is 1. The predicted octanol–water partition coefficient (Wildman–Crippen LogP) is 2.60. The summed E-state index contributed by atoms with van der Waals surface area (Å²) in [5.41, 5.74) is 9.21. The number of aryl methyl sites for hydroxylation is 1. The van der Waals surface area contributed by atoms with Gasteiger partial charge in [-0.1, -0.05) is 31.2 Å². The van der Waals surface area contributed by atoms with Crippen LogP contribution in [0, 0.1) is 0 Å². The maximum absolute atomic E-state index is 5.75.